The van der Waals surface area contributed by atoms with Gasteiger partial charge in [-0.25, -0.2) is 9.78 Å². The van der Waals surface area contributed by atoms with Crippen LogP contribution in [0.25, 0.3) is 11.0 Å². The number of nitrogens with one attached hydrogen (secondary N) is 1. The zero-order chi connectivity index (χ0) is 19.6. The Morgan fingerprint density at radius 1 is 1.52 bits per heavy atom. The number of hydrogen-bond donors (Lipinski definition) is 1. The van der Waals surface area contributed by atoms with Gasteiger partial charge < -0.3 is 19.5 Å². The number of likely N-dealkylation sites (N-methyl/N-ethyl adjacent to an activating group) is 1. The molecule has 3 rings (SSSR count). The Morgan fingerprint density at radius 3 is 3.00 bits per heavy atom. The summed E-state index contributed by atoms with van der Waals surface area (Å²) in [4.78, 5) is 35.7. The first kappa shape index (κ1) is 18.7. The average molecular weight is 369 g/mol. The fourth-order valence-corrected chi connectivity index (χ4v) is 3.76. The Hall–Kier alpha value is -3.08. The number of carbonyl (C=O) groups excluding carboxylic acids is 2. The fourth-order valence-electron chi connectivity index (χ4n) is 3.76. The van der Waals surface area contributed by atoms with Crippen LogP contribution in [0.2, 0.25) is 0 Å². The first-order valence-electron chi connectivity index (χ1n) is 8.89. The molecule has 0 aliphatic carbocycles. The van der Waals surface area contributed by atoms with Crippen LogP contribution in [0.5, 0.6) is 0 Å². The van der Waals surface area contributed by atoms with E-state index in [9.17, 15) is 9.59 Å². The molecule has 27 heavy (non-hydrogen) atoms. The maximum atomic E-state index is 12.3. The molecule has 8 heteroatoms. The number of anilines is 1. The lowest BCUT2D eigenvalue weighted by molar-refractivity contribution is -0.131. The van der Waals surface area contributed by atoms with Crippen LogP contribution in [0, 0.1) is 17.2 Å². The van der Waals surface area contributed by atoms with Crippen molar-refractivity contribution in [2.75, 3.05) is 32.1 Å². The van der Waals surface area contributed by atoms with Gasteiger partial charge in [0.25, 0.3) is 0 Å². The molecule has 8 nitrogen and oxygen atoms in total. The van der Waals surface area contributed by atoms with Gasteiger partial charge in [-0.3, -0.25) is 4.79 Å². The van der Waals surface area contributed by atoms with Crippen molar-refractivity contribution < 1.29 is 14.3 Å². The maximum absolute atomic E-state index is 12.3. The molecule has 0 radical (unpaired) electrons. The van der Waals surface area contributed by atoms with Crippen molar-refractivity contribution in [1.82, 2.24) is 14.9 Å². The third-order valence-corrected chi connectivity index (χ3v) is 5.32. The summed E-state index contributed by atoms with van der Waals surface area (Å²) >= 11 is 0. The lowest BCUT2D eigenvalue weighted by Gasteiger charge is -2.43. The van der Waals surface area contributed by atoms with Crippen LogP contribution in [-0.4, -0.2) is 60.0 Å². The molecule has 3 heterocycles. The van der Waals surface area contributed by atoms with E-state index < -0.39 is 5.97 Å². The predicted octanol–water partition coefficient (Wildman–Crippen LogP) is 1.94. The number of rotatable bonds is 4. The quantitative estimate of drug-likeness (QED) is 0.826. The van der Waals surface area contributed by atoms with Gasteiger partial charge in [-0.2, -0.15) is 5.26 Å². The largest absolute Gasteiger partial charge is 0.465 e. The number of fused-ring (bicyclic) bond motifs is 1. The van der Waals surface area contributed by atoms with Gasteiger partial charge in [0, 0.05) is 44.0 Å². The third-order valence-electron chi connectivity index (χ3n) is 5.32. The summed E-state index contributed by atoms with van der Waals surface area (Å²) in [6.45, 7) is 3.29. The van der Waals surface area contributed by atoms with Crippen molar-refractivity contribution in [2.45, 2.75) is 25.8 Å². The predicted molar refractivity (Wildman–Crippen MR) is 100 cm³/mol. The number of esters is 1. The molecule has 0 bridgehead atoms. The molecule has 1 amide bonds. The Balaban J connectivity index is 2.00. The van der Waals surface area contributed by atoms with E-state index in [0.29, 0.717) is 30.2 Å². The molecular weight excluding hydrogens is 346 g/mol. The van der Waals surface area contributed by atoms with Crippen molar-refractivity contribution in [3.8, 4) is 6.07 Å². The van der Waals surface area contributed by atoms with E-state index in [1.165, 1.54) is 13.3 Å². The Morgan fingerprint density at radius 2 is 2.30 bits per heavy atom. The van der Waals surface area contributed by atoms with E-state index in [4.69, 9.17) is 10.00 Å². The van der Waals surface area contributed by atoms with Crippen molar-refractivity contribution in [3.05, 3.63) is 24.0 Å². The first-order chi connectivity index (χ1) is 13.0. The van der Waals surface area contributed by atoms with E-state index in [1.807, 2.05) is 24.1 Å². The normalized spacial score (nSPS) is 19.6. The molecule has 1 saturated heterocycles. The number of aromatic amines is 1. The summed E-state index contributed by atoms with van der Waals surface area (Å²) in [5, 5.41) is 9.65. The topological polar surface area (TPSA) is 102 Å². The highest BCUT2D eigenvalue weighted by Gasteiger charge is 2.33. The number of H-pyrrole nitrogens is 1. The number of amides is 1. The Labute approximate surface area is 157 Å². The lowest BCUT2D eigenvalue weighted by Crippen LogP contribution is -2.52. The highest BCUT2D eigenvalue weighted by atomic mass is 16.5. The number of nitrogens with zero attached hydrogens (tertiary/aromatic N) is 4. The van der Waals surface area contributed by atoms with E-state index in [2.05, 4.69) is 16.9 Å². The maximum Gasteiger partial charge on any atom is 0.341 e. The molecule has 2 aromatic rings. The van der Waals surface area contributed by atoms with E-state index in [1.54, 1.807) is 11.1 Å². The molecular formula is C19H23N5O3. The van der Waals surface area contributed by atoms with E-state index in [-0.39, 0.29) is 18.4 Å². The number of pyridine rings is 1. The molecule has 2 aromatic heterocycles. The molecule has 1 N–H and O–H groups in total. The number of aromatic nitrogens is 2. The van der Waals surface area contributed by atoms with Gasteiger partial charge in [-0.15, -0.1) is 0 Å². The zero-order valence-electron chi connectivity index (χ0n) is 15.7. The molecule has 1 aliphatic heterocycles. The van der Waals surface area contributed by atoms with Crippen molar-refractivity contribution in [1.29, 1.82) is 5.26 Å². The van der Waals surface area contributed by atoms with Crippen molar-refractivity contribution >= 4 is 28.6 Å². The standard InChI is InChI=1S/C19H23N5O3/c1-12-6-9-24(16(25)4-7-20)11-15(12)23(2)17-13-5-8-21-18(13)22-10-14(17)19(26)27-3/h5,8,10,12,15H,4,6,9,11H2,1-3H3,(H,21,22). The summed E-state index contributed by atoms with van der Waals surface area (Å²) in [5.74, 6) is -0.292. The van der Waals surface area contributed by atoms with Gasteiger partial charge >= 0.3 is 5.97 Å². The van der Waals surface area contributed by atoms with E-state index in [0.717, 1.165) is 17.5 Å². The van der Waals surface area contributed by atoms with Crippen LogP contribution in [0.3, 0.4) is 0 Å². The number of methoxy groups -OCH3 is 1. The molecule has 142 valence electrons. The number of hydrogen-bond acceptors (Lipinski definition) is 6. The number of likely N-dealkylation sites (tertiary alicyclic amines) is 1. The molecule has 1 fully saturated rings. The van der Waals surface area contributed by atoms with Crippen LogP contribution in [0.1, 0.15) is 30.1 Å². The molecule has 0 saturated carbocycles. The first-order valence-corrected chi connectivity index (χ1v) is 8.89. The van der Waals surface area contributed by atoms with Crippen LogP contribution in [-0.2, 0) is 9.53 Å². The number of carbonyl (C=O) groups is 2. The monoisotopic (exact) mass is 369 g/mol. The van der Waals surface area contributed by atoms with Crippen molar-refractivity contribution in [2.24, 2.45) is 5.92 Å². The van der Waals surface area contributed by atoms with Gasteiger partial charge in [0.2, 0.25) is 5.91 Å². The van der Waals surface area contributed by atoms with Gasteiger partial charge in [0.05, 0.1) is 18.9 Å². The summed E-state index contributed by atoms with van der Waals surface area (Å²) < 4.78 is 4.94. The minimum Gasteiger partial charge on any atom is -0.465 e. The molecule has 0 aromatic carbocycles. The number of nitriles is 1. The molecule has 2 unspecified atom stereocenters. The summed E-state index contributed by atoms with van der Waals surface area (Å²) in [7, 11) is 3.27. The highest BCUT2D eigenvalue weighted by molar-refractivity contribution is 6.04. The molecule has 0 spiro atoms. The average Bonchev–Trinajstić information content (AvgIpc) is 3.15. The van der Waals surface area contributed by atoms with Crippen LogP contribution in [0.4, 0.5) is 5.69 Å². The minimum atomic E-state index is -0.451. The van der Waals surface area contributed by atoms with Gasteiger partial charge in [0.15, 0.2) is 0 Å². The molecule has 1 aliphatic rings. The van der Waals surface area contributed by atoms with E-state index >= 15 is 0 Å². The fraction of sp³-hybridized carbons (Fsp3) is 0.474. The van der Waals surface area contributed by atoms with Crippen LogP contribution < -0.4 is 4.90 Å². The van der Waals surface area contributed by atoms with Gasteiger partial charge in [-0.05, 0) is 18.4 Å². The second-order valence-corrected chi connectivity index (χ2v) is 6.87. The summed E-state index contributed by atoms with van der Waals surface area (Å²) in [5.41, 5.74) is 1.81. The Bertz CT molecular complexity index is 900. The Kier molecular flexibility index (Phi) is 5.31. The number of ether oxygens (including phenoxy) is 1. The zero-order valence-corrected chi connectivity index (χ0v) is 15.7. The van der Waals surface area contributed by atoms with Crippen LogP contribution >= 0.6 is 0 Å². The third kappa shape index (κ3) is 3.45. The second kappa shape index (κ2) is 7.66. The lowest BCUT2D eigenvalue weighted by atomic mass is 9.91. The second-order valence-electron chi connectivity index (χ2n) is 6.87. The highest BCUT2D eigenvalue weighted by Crippen LogP contribution is 2.33. The SMILES string of the molecule is COC(=O)c1cnc2[nH]ccc2c1N(C)C1CN(C(=O)CC#N)CCC1C. The smallest absolute Gasteiger partial charge is 0.341 e. The molecule has 2 atom stereocenters. The van der Waals surface area contributed by atoms with Gasteiger partial charge in [0.1, 0.15) is 17.6 Å². The minimum absolute atomic E-state index is 0.00491. The van der Waals surface area contributed by atoms with Crippen molar-refractivity contribution in [3.63, 3.8) is 0 Å². The van der Waals surface area contributed by atoms with Gasteiger partial charge in [-0.1, -0.05) is 6.92 Å². The summed E-state index contributed by atoms with van der Waals surface area (Å²) in [6, 6.07) is 3.81. The number of piperidine rings is 1. The van der Waals surface area contributed by atoms with Crippen LogP contribution in [0.15, 0.2) is 18.5 Å². The summed E-state index contributed by atoms with van der Waals surface area (Å²) in [6.07, 6.45) is 4.02.